The third-order valence-corrected chi connectivity index (χ3v) is 4.00. The van der Waals surface area contributed by atoms with Crippen LogP contribution in [0.3, 0.4) is 0 Å². The second-order valence-corrected chi connectivity index (χ2v) is 5.78. The van der Waals surface area contributed by atoms with Crippen LogP contribution in [0.2, 0.25) is 0 Å². The second kappa shape index (κ2) is 6.88. The molecule has 0 bridgehead atoms. The highest BCUT2D eigenvalue weighted by Gasteiger charge is 2.23. The summed E-state index contributed by atoms with van der Waals surface area (Å²) in [6.07, 6.45) is 5.58. The van der Waals surface area contributed by atoms with Gasteiger partial charge in [0.25, 0.3) is 0 Å². The highest BCUT2D eigenvalue weighted by molar-refractivity contribution is 5.48. The van der Waals surface area contributed by atoms with Crippen LogP contribution in [0, 0.1) is 6.92 Å². The molecule has 2 heterocycles. The summed E-state index contributed by atoms with van der Waals surface area (Å²) in [6, 6.07) is 0.640. The number of likely N-dealkylation sites (tertiary alicyclic amines) is 1. The van der Waals surface area contributed by atoms with Gasteiger partial charge in [-0.05, 0) is 39.8 Å². The standard InChI is InChI=1S/C15H27N5/c1-5-8-16-15-17-10-12(2)14(18-15)20(4)11-13-7-6-9-19(13)3/h10,13H,5-9,11H2,1-4H3,(H,16,17,18). The van der Waals surface area contributed by atoms with E-state index in [0.29, 0.717) is 6.04 Å². The summed E-state index contributed by atoms with van der Waals surface area (Å²) in [5, 5.41) is 3.26. The van der Waals surface area contributed by atoms with Crippen LogP contribution in [-0.4, -0.2) is 54.6 Å². The molecule has 112 valence electrons. The number of nitrogens with one attached hydrogen (secondary N) is 1. The highest BCUT2D eigenvalue weighted by Crippen LogP contribution is 2.21. The summed E-state index contributed by atoms with van der Waals surface area (Å²) < 4.78 is 0. The lowest BCUT2D eigenvalue weighted by Crippen LogP contribution is -2.37. The Morgan fingerprint density at radius 1 is 1.50 bits per heavy atom. The van der Waals surface area contributed by atoms with Crippen LogP contribution in [0.1, 0.15) is 31.7 Å². The topological polar surface area (TPSA) is 44.3 Å². The van der Waals surface area contributed by atoms with Crippen molar-refractivity contribution in [2.45, 2.75) is 39.2 Å². The van der Waals surface area contributed by atoms with Gasteiger partial charge in [-0.2, -0.15) is 4.98 Å². The molecule has 1 aliphatic heterocycles. The van der Waals surface area contributed by atoms with Crippen molar-refractivity contribution in [3.8, 4) is 0 Å². The Hall–Kier alpha value is -1.36. The van der Waals surface area contributed by atoms with Gasteiger partial charge in [-0.15, -0.1) is 0 Å². The van der Waals surface area contributed by atoms with E-state index in [1.54, 1.807) is 0 Å². The van der Waals surface area contributed by atoms with Gasteiger partial charge in [-0.3, -0.25) is 0 Å². The molecule has 20 heavy (non-hydrogen) atoms. The first-order valence-electron chi connectivity index (χ1n) is 7.60. The predicted molar refractivity (Wildman–Crippen MR) is 84.5 cm³/mol. The molecule has 1 atom stereocenters. The van der Waals surface area contributed by atoms with Gasteiger partial charge >= 0.3 is 0 Å². The first kappa shape index (κ1) is 15.0. The van der Waals surface area contributed by atoms with Crippen molar-refractivity contribution in [3.05, 3.63) is 11.8 Å². The lowest BCUT2D eigenvalue weighted by atomic mass is 10.2. The summed E-state index contributed by atoms with van der Waals surface area (Å²) in [5.41, 5.74) is 1.13. The molecule has 1 aromatic rings. The minimum Gasteiger partial charge on any atom is -0.358 e. The number of aromatic nitrogens is 2. The minimum absolute atomic E-state index is 0.640. The number of anilines is 2. The van der Waals surface area contributed by atoms with Gasteiger partial charge in [0.05, 0.1) is 0 Å². The van der Waals surface area contributed by atoms with E-state index in [9.17, 15) is 0 Å². The van der Waals surface area contributed by atoms with Gasteiger partial charge < -0.3 is 15.1 Å². The molecular formula is C15H27N5. The van der Waals surface area contributed by atoms with E-state index in [1.807, 2.05) is 6.20 Å². The van der Waals surface area contributed by atoms with Gasteiger partial charge in [0.1, 0.15) is 5.82 Å². The van der Waals surface area contributed by atoms with Crippen LogP contribution in [0.4, 0.5) is 11.8 Å². The normalized spacial score (nSPS) is 19.3. The Balaban J connectivity index is 2.05. The third-order valence-electron chi connectivity index (χ3n) is 4.00. The number of aryl methyl sites for hydroxylation is 1. The average molecular weight is 277 g/mol. The van der Waals surface area contributed by atoms with Crippen LogP contribution < -0.4 is 10.2 Å². The van der Waals surface area contributed by atoms with Crippen LogP contribution in [0.15, 0.2) is 6.20 Å². The molecule has 0 spiro atoms. The van der Waals surface area contributed by atoms with Gasteiger partial charge in [-0.25, -0.2) is 4.98 Å². The molecule has 0 radical (unpaired) electrons. The van der Waals surface area contributed by atoms with E-state index < -0.39 is 0 Å². The number of hydrogen-bond acceptors (Lipinski definition) is 5. The van der Waals surface area contributed by atoms with Crippen LogP contribution in [-0.2, 0) is 0 Å². The lowest BCUT2D eigenvalue weighted by molar-refractivity contribution is 0.314. The van der Waals surface area contributed by atoms with E-state index in [-0.39, 0.29) is 0 Å². The molecule has 5 nitrogen and oxygen atoms in total. The fourth-order valence-electron chi connectivity index (χ4n) is 2.75. The Bertz CT molecular complexity index is 434. The van der Waals surface area contributed by atoms with Crippen molar-refractivity contribution in [2.75, 3.05) is 43.9 Å². The van der Waals surface area contributed by atoms with Gasteiger partial charge in [-0.1, -0.05) is 6.92 Å². The molecule has 0 amide bonds. The molecule has 0 saturated carbocycles. The Morgan fingerprint density at radius 3 is 2.95 bits per heavy atom. The predicted octanol–water partition coefficient (Wildman–Crippen LogP) is 2.14. The van der Waals surface area contributed by atoms with Crippen molar-refractivity contribution in [2.24, 2.45) is 0 Å². The monoisotopic (exact) mass is 277 g/mol. The molecule has 1 aromatic heterocycles. The maximum Gasteiger partial charge on any atom is 0.224 e. The van der Waals surface area contributed by atoms with Crippen LogP contribution in [0.25, 0.3) is 0 Å². The molecule has 1 N–H and O–H groups in total. The summed E-state index contributed by atoms with van der Waals surface area (Å²) in [7, 11) is 4.34. The second-order valence-electron chi connectivity index (χ2n) is 5.78. The zero-order chi connectivity index (χ0) is 14.5. The number of likely N-dealkylation sites (N-methyl/N-ethyl adjacent to an activating group) is 2. The molecule has 0 aliphatic carbocycles. The smallest absolute Gasteiger partial charge is 0.224 e. The average Bonchev–Trinajstić information content (AvgIpc) is 2.83. The van der Waals surface area contributed by atoms with Crippen LogP contribution in [0.5, 0.6) is 0 Å². The van der Waals surface area contributed by atoms with E-state index in [1.165, 1.54) is 19.4 Å². The maximum absolute atomic E-state index is 4.66. The molecule has 1 aliphatic rings. The largest absolute Gasteiger partial charge is 0.358 e. The maximum atomic E-state index is 4.66. The van der Waals surface area contributed by atoms with Crippen molar-refractivity contribution in [1.29, 1.82) is 0 Å². The molecule has 1 fully saturated rings. The Labute approximate surface area is 122 Å². The summed E-state index contributed by atoms with van der Waals surface area (Å²) in [5.74, 6) is 1.78. The Morgan fingerprint density at radius 2 is 2.30 bits per heavy atom. The van der Waals surface area contributed by atoms with E-state index in [2.05, 4.69) is 53.0 Å². The van der Waals surface area contributed by atoms with Crippen LogP contribution >= 0.6 is 0 Å². The van der Waals surface area contributed by atoms with Gasteiger partial charge in [0.15, 0.2) is 0 Å². The lowest BCUT2D eigenvalue weighted by Gasteiger charge is -2.27. The van der Waals surface area contributed by atoms with Crippen molar-refractivity contribution < 1.29 is 0 Å². The molecule has 0 aromatic carbocycles. The minimum atomic E-state index is 0.640. The third kappa shape index (κ3) is 3.60. The molecule has 1 saturated heterocycles. The highest BCUT2D eigenvalue weighted by atomic mass is 15.3. The SMILES string of the molecule is CCCNc1ncc(C)c(N(C)CC2CCCN2C)n1. The zero-order valence-electron chi connectivity index (χ0n) is 13.2. The first-order valence-corrected chi connectivity index (χ1v) is 7.60. The zero-order valence-corrected chi connectivity index (χ0v) is 13.2. The van der Waals surface area contributed by atoms with E-state index in [0.717, 1.165) is 36.8 Å². The molecule has 1 unspecified atom stereocenters. The quantitative estimate of drug-likeness (QED) is 0.863. The van der Waals surface area contributed by atoms with Crippen molar-refractivity contribution in [3.63, 3.8) is 0 Å². The molecular weight excluding hydrogens is 250 g/mol. The summed E-state index contributed by atoms with van der Waals surface area (Å²) in [4.78, 5) is 13.7. The summed E-state index contributed by atoms with van der Waals surface area (Å²) in [6.45, 7) is 7.38. The summed E-state index contributed by atoms with van der Waals surface area (Å²) >= 11 is 0. The number of hydrogen-bond donors (Lipinski definition) is 1. The van der Waals surface area contributed by atoms with E-state index >= 15 is 0 Å². The van der Waals surface area contributed by atoms with Gasteiger partial charge in [0, 0.05) is 37.9 Å². The fraction of sp³-hybridized carbons (Fsp3) is 0.733. The number of nitrogens with zero attached hydrogens (tertiary/aromatic N) is 4. The Kier molecular flexibility index (Phi) is 5.17. The van der Waals surface area contributed by atoms with E-state index in [4.69, 9.17) is 0 Å². The first-order chi connectivity index (χ1) is 9.61. The number of rotatable bonds is 6. The van der Waals surface area contributed by atoms with Crippen molar-refractivity contribution >= 4 is 11.8 Å². The molecule has 5 heteroatoms. The van der Waals surface area contributed by atoms with Gasteiger partial charge in [0.2, 0.25) is 5.95 Å². The van der Waals surface area contributed by atoms with Crippen molar-refractivity contribution in [1.82, 2.24) is 14.9 Å². The molecule has 2 rings (SSSR count). The fourth-order valence-corrected chi connectivity index (χ4v) is 2.75.